The van der Waals surface area contributed by atoms with Crippen molar-refractivity contribution in [1.29, 1.82) is 0 Å². The summed E-state index contributed by atoms with van der Waals surface area (Å²) in [6, 6.07) is 7.81. The van der Waals surface area contributed by atoms with Crippen LogP contribution in [0.5, 0.6) is 0 Å². The quantitative estimate of drug-likeness (QED) is 0.919. The van der Waals surface area contributed by atoms with E-state index < -0.39 is 18.8 Å². The standard InChI is InChI=1S/C14H17F2N5/c1-21-13(18-19-20-21)10-3-2-4-11(5-10)17-12-6-14(7-12,8-15)9-16/h2-5,12,17H,6-9H2,1H3. The predicted octanol–water partition coefficient (Wildman–Crippen LogP) is 2.38. The summed E-state index contributed by atoms with van der Waals surface area (Å²) < 4.78 is 27.2. The molecule has 1 fully saturated rings. The molecule has 5 nitrogen and oxygen atoms in total. The van der Waals surface area contributed by atoms with E-state index in [4.69, 9.17) is 0 Å². The van der Waals surface area contributed by atoms with E-state index in [2.05, 4.69) is 20.8 Å². The summed E-state index contributed by atoms with van der Waals surface area (Å²) in [5.74, 6) is 0.675. The van der Waals surface area contributed by atoms with E-state index in [0.717, 1.165) is 11.3 Å². The van der Waals surface area contributed by atoms with Crippen LogP contribution in [0.3, 0.4) is 0 Å². The second-order valence-electron chi connectivity index (χ2n) is 5.72. The summed E-state index contributed by atoms with van der Waals surface area (Å²) in [7, 11) is 1.78. The van der Waals surface area contributed by atoms with Crippen LogP contribution in [0, 0.1) is 5.41 Å². The van der Waals surface area contributed by atoms with Crippen molar-refractivity contribution < 1.29 is 8.78 Å². The first-order valence-corrected chi connectivity index (χ1v) is 6.87. The third kappa shape index (κ3) is 2.59. The lowest BCUT2D eigenvalue weighted by Crippen LogP contribution is -2.48. The Balaban J connectivity index is 1.70. The van der Waals surface area contributed by atoms with Crippen molar-refractivity contribution in [2.45, 2.75) is 18.9 Å². The number of nitrogens with zero attached hydrogens (tertiary/aromatic N) is 4. The number of aromatic nitrogens is 4. The molecule has 0 bridgehead atoms. The van der Waals surface area contributed by atoms with E-state index in [1.807, 2.05) is 24.3 Å². The van der Waals surface area contributed by atoms with Gasteiger partial charge in [0.1, 0.15) is 0 Å². The number of tetrazole rings is 1. The van der Waals surface area contributed by atoms with Crippen LogP contribution in [0.2, 0.25) is 0 Å². The Morgan fingerprint density at radius 2 is 2.10 bits per heavy atom. The first kappa shape index (κ1) is 13.9. The average molecular weight is 293 g/mol. The number of anilines is 1. The summed E-state index contributed by atoms with van der Waals surface area (Å²) in [4.78, 5) is 0. The van der Waals surface area contributed by atoms with Crippen molar-refractivity contribution in [2.75, 3.05) is 18.7 Å². The summed E-state index contributed by atoms with van der Waals surface area (Å²) >= 11 is 0. The van der Waals surface area contributed by atoms with Gasteiger partial charge in [0.2, 0.25) is 0 Å². The molecule has 1 N–H and O–H groups in total. The molecule has 1 heterocycles. The molecular formula is C14H17F2N5. The highest BCUT2D eigenvalue weighted by molar-refractivity contribution is 5.62. The van der Waals surface area contributed by atoms with E-state index in [1.165, 1.54) is 0 Å². The van der Waals surface area contributed by atoms with Crippen LogP contribution in [0.1, 0.15) is 12.8 Å². The molecule has 0 radical (unpaired) electrons. The van der Waals surface area contributed by atoms with E-state index in [0.29, 0.717) is 18.7 Å². The number of hydrogen-bond acceptors (Lipinski definition) is 4. The normalized spacial score (nSPS) is 17.5. The molecule has 0 amide bonds. The van der Waals surface area contributed by atoms with Gasteiger partial charge >= 0.3 is 0 Å². The number of alkyl halides is 2. The number of rotatable bonds is 5. The highest BCUT2D eigenvalue weighted by Crippen LogP contribution is 2.43. The van der Waals surface area contributed by atoms with Gasteiger partial charge < -0.3 is 5.32 Å². The smallest absolute Gasteiger partial charge is 0.181 e. The highest BCUT2D eigenvalue weighted by Gasteiger charge is 2.44. The topological polar surface area (TPSA) is 55.6 Å². The maximum absolute atomic E-state index is 12.8. The molecule has 1 aromatic heterocycles. The molecule has 2 aromatic rings. The van der Waals surface area contributed by atoms with E-state index in [9.17, 15) is 8.78 Å². The molecule has 0 spiro atoms. The number of nitrogens with one attached hydrogen (secondary N) is 1. The summed E-state index contributed by atoms with van der Waals surface area (Å²) in [5.41, 5.74) is 1.05. The van der Waals surface area contributed by atoms with Crippen molar-refractivity contribution in [1.82, 2.24) is 20.2 Å². The monoisotopic (exact) mass is 293 g/mol. The van der Waals surface area contributed by atoms with Gasteiger partial charge in [0.05, 0.1) is 13.3 Å². The largest absolute Gasteiger partial charge is 0.382 e. The zero-order valence-electron chi connectivity index (χ0n) is 11.8. The Kier molecular flexibility index (Phi) is 3.57. The Bertz CT molecular complexity index is 615. The molecule has 0 atom stereocenters. The Morgan fingerprint density at radius 3 is 2.71 bits per heavy atom. The summed E-state index contributed by atoms with van der Waals surface area (Å²) in [6.07, 6.45) is 1.05. The van der Waals surface area contributed by atoms with Crippen LogP contribution < -0.4 is 5.32 Å². The molecular weight excluding hydrogens is 276 g/mol. The minimum atomic E-state index is -0.761. The van der Waals surface area contributed by atoms with Crippen LogP contribution in [0.25, 0.3) is 11.4 Å². The zero-order chi connectivity index (χ0) is 14.9. The van der Waals surface area contributed by atoms with Crippen LogP contribution in [-0.4, -0.2) is 39.6 Å². The van der Waals surface area contributed by atoms with Gasteiger partial charge in [-0.3, -0.25) is 8.78 Å². The summed E-state index contributed by atoms with van der Waals surface area (Å²) in [6.45, 7) is -1.18. The second kappa shape index (κ2) is 5.38. The lowest BCUT2D eigenvalue weighted by Gasteiger charge is -2.44. The van der Waals surface area contributed by atoms with Crippen molar-refractivity contribution in [3.8, 4) is 11.4 Å². The van der Waals surface area contributed by atoms with Gasteiger partial charge in [0, 0.05) is 29.8 Å². The van der Waals surface area contributed by atoms with Gasteiger partial charge in [-0.15, -0.1) is 5.10 Å². The molecule has 3 rings (SSSR count). The van der Waals surface area contributed by atoms with Gasteiger partial charge in [0.15, 0.2) is 5.82 Å². The van der Waals surface area contributed by atoms with Gasteiger partial charge in [-0.25, -0.2) is 4.68 Å². The van der Waals surface area contributed by atoms with Gasteiger partial charge in [-0.05, 0) is 35.4 Å². The maximum atomic E-state index is 12.8. The Morgan fingerprint density at radius 1 is 1.33 bits per heavy atom. The Labute approximate surface area is 121 Å². The van der Waals surface area contributed by atoms with E-state index >= 15 is 0 Å². The van der Waals surface area contributed by atoms with Crippen molar-refractivity contribution in [2.24, 2.45) is 12.5 Å². The van der Waals surface area contributed by atoms with Crippen molar-refractivity contribution >= 4 is 5.69 Å². The lowest BCUT2D eigenvalue weighted by molar-refractivity contribution is 0.0465. The number of benzene rings is 1. The molecule has 0 saturated heterocycles. The number of aryl methyl sites for hydroxylation is 1. The SMILES string of the molecule is Cn1nnnc1-c1cccc(NC2CC(CF)(CF)C2)c1. The van der Waals surface area contributed by atoms with Gasteiger partial charge in [-0.2, -0.15) is 0 Å². The van der Waals surface area contributed by atoms with Crippen LogP contribution in [-0.2, 0) is 7.05 Å². The molecule has 21 heavy (non-hydrogen) atoms. The molecule has 1 aliphatic carbocycles. The van der Waals surface area contributed by atoms with Gasteiger partial charge in [0.25, 0.3) is 0 Å². The average Bonchev–Trinajstić information content (AvgIpc) is 2.89. The fourth-order valence-electron chi connectivity index (χ4n) is 2.80. The first-order chi connectivity index (χ1) is 10.2. The number of hydrogen-bond donors (Lipinski definition) is 1. The summed E-state index contributed by atoms with van der Waals surface area (Å²) in [5, 5.41) is 14.7. The second-order valence-corrected chi connectivity index (χ2v) is 5.72. The third-order valence-electron chi connectivity index (χ3n) is 4.04. The molecule has 112 valence electrons. The molecule has 1 saturated carbocycles. The lowest BCUT2D eigenvalue weighted by atomic mass is 9.67. The first-order valence-electron chi connectivity index (χ1n) is 6.87. The minimum absolute atomic E-state index is 0.115. The molecule has 7 heteroatoms. The van der Waals surface area contributed by atoms with Crippen LogP contribution >= 0.6 is 0 Å². The van der Waals surface area contributed by atoms with Crippen molar-refractivity contribution in [3.05, 3.63) is 24.3 Å². The third-order valence-corrected chi connectivity index (χ3v) is 4.04. The van der Waals surface area contributed by atoms with Crippen LogP contribution in [0.15, 0.2) is 24.3 Å². The minimum Gasteiger partial charge on any atom is -0.382 e. The molecule has 0 unspecified atom stereocenters. The van der Waals surface area contributed by atoms with Crippen molar-refractivity contribution in [3.63, 3.8) is 0 Å². The highest BCUT2D eigenvalue weighted by atomic mass is 19.1. The van der Waals surface area contributed by atoms with E-state index in [-0.39, 0.29) is 6.04 Å². The predicted molar refractivity (Wildman–Crippen MR) is 75.3 cm³/mol. The fraction of sp³-hybridized carbons (Fsp3) is 0.500. The van der Waals surface area contributed by atoms with Crippen LogP contribution in [0.4, 0.5) is 14.5 Å². The zero-order valence-corrected chi connectivity index (χ0v) is 11.8. The number of halogens is 2. The fourth-order valence-corrected chi connectivity index (χ4v) is 2.80. The van der Waals surface area contributed by atoms with E-state index in [1.54, 1.807) is 11.7 Å². The molecule has 1 aromatic carbocycles. The molecule has 0 aliphatic heterocycles. The molecule has 1 aliphatic rings. The van der Waals surface area contributed by atoms with Gasteiger partial charge in [-0.1, -0.05) is 12.1 Å². The maximum Gasteiger partial charge on any atom is 0.181 e. The Hall–Kier alpha value is -2.05.